The number of hydrogen-bond donors (Lipinski definition) is 4. The molecular formula is C41H62O13. The van der Waals surface area contributed by atoms with Crippen LogP contribution in [0.5, 0.6) is 0 Å². The maximum atomic E-state index is 12.0. The van der Waals surface area contributed by atoms with Gasteiger partial charge in [-0.3, -0.25) is 0 Å². The molecule has 4 saturated heterocycles. The SMILES string of the molecule is C[C@H]1O[C@@H](O[C@H]2[C@@H](O)C[C@H](O[C@H]3[C@@H](O)C[C@H](O[C@H]4CC[C@@]5(C)[C@@H](CC[C@]67O[C@@]68CC[C@H](C6=CC(=O)OC6)[C@@]8(C)CC[C@H]57)C4)O[C@@H]3C)O[C@@H]2C)C[C@H](O)[C@@H]1O. The quantitative estimate of drug-likeness (QED) is 0.169. The summed E-state index contributed by atoms with van der Waals surface area (Å²) in [6.45, 7) is 10.7. The standard InChI is InChI=1S/C41H62O13/c1-20-35(46)27(42)16-33(48-20)52-37-22(3)50-34(18-29(37)44)53-36-21(2)49-32(17-28(36)43)51-25-7-10-38(4)24(15-25)6-12-40-30(38)9-11-39(5)26(8-13-41(39,40)54-40)23-14-31(45)47-19-23/h14,20-22,24-30,32-37,42-44,46H,6-13,15-19H2,1-5H3/t20-,21-,22-,24+,25+,26-,27+,28+,29+,30-,32+,33+,34+,35-,36-,37-,38+,39-,40-,41-/m1/s1. The number of aliphatic hydroxyl groups is 4. The lowest BCUT2D eigenvalue weighted by Gasteiger charge is -2.58. The Bertz CT molecular complexity index is 1440. The highest BCUT2D eigenvalue weighted by molar-refractivity contribution is 5.85. The third-order valence-corrected chi connectivity index (χ3v) is 16.2. The van der Waals surface area contributed by atoms with E-state index in [-0.39, 0.29) is 53.4 Å². The number of hydrogen-bond acceptors (Lipinski definition) is 13. The lowest BCUT2D eigenvalue weighted by molar-refractivity contribution is -0.336. The molecule has 2 spiro atoms. The number of cyclic esters (lactones) is 1. The molecule has 4 N–H and O–H groups in total. The first kappa shape index (κ1) is 38.3. The van der Waals surface area contributed by atoms with Crippen LogP contribution in [-0.4, -0.2) is 124 Å². The van der Waals surface area contributed by atoms with Crippen molar-refractivity contribution in [3.05, 3.63) is 11.6 Å². The average Bonchev–Trinajstić information content (AvgIpc) is 3.43. The van der Waals surface area contributed by atoms with Crippen molar-refractivity contribution in [1.82, 2.24) is 0 Å². The van der Waals surface area contributed by atoms with Gasteiger partial charge in [0.1, 0.15) is 36.1 Å². The van der Waals surface area contributed by atoms with Crippen LogP contribution in [-0.2, 0) is 42.7 Å². The van der Waals surface area contributed by atoms with Crippen LogP contribution in [0.3, 0.4) is 0 Å². The molecule has 13 nitrogen and oxygen atoms in total. The zero-order valence-electron chi connectivity index (χ0n) is 32.5. The summed E-state index contributed by atoms with van der Waals surface area (Å²) in [6.07, 6.45) is 3.11. The molecule has 5 aliphatic heterocycles. The van der Waals surface area contributed by atoms with E-state index in [0.29, 0.717) is 24.4 Å². The molecule has 0 aromatic heterocycles. The van der Waals surface area contributed by atoms with Crippen LogP contribution >= 0.6 is 0 Å². The lowest BCUT2D eigenvalue weighted by Crippen LogP contribution is -2.59. The molecule has 9 rings (SSSR count). The number of epoxide rings is 1. The fourth-order valence-corrected chi connectivity index (χ4v) is 13.3. The lowest BCUT2D eigenvalue weighted by atomic mass is 9.44. The third kappa shape index (κ3) is 5.92. The molecule has 0 amide bonds. The summed E-state index contributed by atoms with van der Waals surface area (Å²) < 4.78 is 49.5. The first-order valence-corrected chi connectivity index (χ1v) is 20.9. The van der Waals surface area contributed by atoms with Gasteiger partial charge in [0.15, 0.2) is 18.9 Å². The largest absolute Gasteiger partial charge is 0.458 e. The predicted octanol–water partition coefficient (Wildman–Crippen LogP) is 3.41. The van der Waals surface area contributed by atoms with Gasteiger partial charge in [-0.2, -0.15) is 0 Å². The molecule has 0 aromatic carbocycles. The Morgan fingerprint density at radius 1 is 0.704 bits per heavy atom. The van der Waals surface area contributed by atoms with Crippen LogP contribution in [0.15, 0.2) is 11.6 Å². The van der Waals surface area contributed by atoms with Gasteiger partial charge in [-0.05, 0) is 107 Å². The van der Waals surface area contributed by atoms with E-state index in [4.69, 9.17) is 37.9 Å². The number of aliphatic hydroxyl groups excluding tert-OH is 4. The van der Waals surface area contributed by atoms with Gasteiger partial charge in [-0.25, -0.2) is 4.79 Å². The van der Waals surface area contributed by atoms with Crippen molar-refractivity contribution in [1.29, 1.82) is 0 Å². The van der Waals surface area contributed by atoms with E-state index >= 15 is 0 Å². The summed E-state index contributed by atoms with van der Waals surface area (Å²) in [4.78, 5) is 12.0. The van der Waals surface area contributed by atoms with Crippen molar-refractivity contribution >= 4 is 5.97 Å². The van der Waals surface area contributed by atoms with E-state index < -0.39 is 73.8 Å². The van der Waals surface area contributed by atoms with Gasteiger partial charge in [0.2, 0.25) is 0 Å². The van der Waals surface area contributed by atoms with Crippen LogP contribution in [0.1, 0.15) is 112 Å². The number of carbonyl (C=O) groups is 1. The summed E-state index contributed by atoms with van der Waals surface area (Å²) in [7, 11) is 0. The van der Waals surface area contributed by atoms with E-state index in [1.54, 1.807) is 19.9 Å². The molecule has 5 heterocycles. The Morgan fingerprint density at radius 3 is 1.94 bits per heavy atom. The maximum absolute atomic E-state index is 12.0. The Hall–Kier alpha value is -1.23. The van der Waals surface area contributed by atoms with E-state index in [9.17, 15) is 25.2 Å². The molecule has 54 heavy (non-hydrogen) atoms. The molecule has 4 aliphatic carbocycles. The molecule has 0 bridgehead atoms. The second kappa shape index (κ2) is 13.7. The highest BCUT2D eigenvalue weighted by atomic mass is 16.7. The molecule has 20 atom stereocenters. The summed E-state index contributed by atoms with van der Waals surface area (Å²) in [5.41, 5.74) is 1.25. The first-order valence-electron chi connectivity index (χ1n) is 20.9. The van der Waals surface area contributed by atoms with Crippen LogP contribution in [0, 0.1) is 28.6 Å². The normalized spacial score (nSPS) is 56.9. The summed E-state index contributed by atoms with van der Waals surface area (Å²) in [5, 5.41) is 42.5. The van der Waals surface area contributed by atoms with E-state index in [1.165, 1.54) is 5.57 Å². The Labute approximate surface area is 318 Å². The predicted molar refractivity (Wildman–Crippen MR) is 189 cm³/mol. The Morgan fingerprint density at radius 2 is 1.33 bits per heavy atom. The van der Waals surface area contributed by atoms with Crippen molar-refractivity contribution < 1.29 is 63.1 Å². The van der Waals surface area contributed by atoms with Crippen molar-refractivity contribution in [2.24, 2.45) is 28.6 Å². The third-order valence-electron chi connectivity index (χ3n) is 16.2. The van der Waals surface area contributed by atoms with Gasteiger partial charge in [0, 0.05) is 30.8 Å². The molecule has 13 heteroatoms. The zero-order chi connectivity index (χ0) is 37.9. The molecule has 0 radical (unpaired) electrons. The van der Waals surface area contributed by atoms with Gasteiger partial charge in [0.25, 0.3) is 0 Å². The van der Waals surface area contributed by atoms with Crippen molar-refractivity contribution in [2.45, 2.75) is 203 Å². The topological polar surface area (TPSA) is 175 Å². The Balaban J connectivity index is 0.770. The molecule has 0 aromatic rings. The molecule has 0 unspecified atom stereocenters. The van der Waals surface area contributed by atoms with E-state index in [1.807, 2.05) is 6.92 Å². The van der Waals surface area contributed by atoms with Gasteiger partial charge < -0.3 is 58.3 Å². The van der Waals surface area contributed by atoms with Crippen molar-refractivity contribution in [2.75, 3.05) is 6.61 Å². The molecular weight excluding hydrogens is 700 g/mol. The van der Waals surface area contributed by atoms with E-state index in [0.717, 1.165) is 57.8 Å². The number of ether oxygens (including phenoxy) is 8. The minimum atomic E-state index is -0.991. The highest BCUT2D eigenvalue weighted by Gasteiger charge is 2.86. The van der Waals surface area contributed by atoms with Gasteiger partial charge in [-0.1, -0.05) is 13.8 Å². The highest BCUT2D eigenvalue weighted by Crippen LogP contribution is 2.81. The smallest absolute Gasteiger partial charge is 0.331 e. The number of esters is 1. The van der Waals surface area contributed by atoms with Crippen molar-refractivity contribution in [3.8, 4) is 0 Å². The van der Waals surface area contributed by atoms with Gasteiger partial charge in [-0.15, -0.1) is 0 Å². The summed E-state index contributed by atoms with van der Waals surface area (Å²) in [6, 6.07) is 0. The number of rotatable bonds is 7. The second-order valence-electron chi connectivity index (χ2n) is 18.9. The minimum Gasteiger partial charge on any atom is -0.458 e. The summed E-state index contributed by atoms with van der Waals surface area (Å²) in [5.74, 6) is 1.22. The van der Waals surface area contributed by atoms with Gasteiger partial charge >= 0.3 is 5.97 Å². The van der Waals surface area contributed by atoms with Gasteiger partial charge in [0.05, 0.1) is 42.7 Å². The second-order valence-corrected chi connectivity index (χ2v) is 18.9. The number of carbonyl (C=O) groups excluding carboxylic acids is 1. The van der Waals surface area contributed by atoms with Crippen LogP contribution in [0.25, 0.3) is 0 Å². The van der Waals surface area contributed by atoms with Crippen LogP contribution in [0.2, 0.25) is 0 Å². The molecule has 9 aliphatic rings. The average molecular weight is 763 g/mol. The van der Waals surface area contributed by atoms with Crippen LogP contribution < -0.4 is 0 Å². The minimum absolute atomic E-state index is 0.0441. The zero-order valence-corrected chi connectivity index (χ0v) is 32.5. The number of fused-ring (bicyclic) bond motifs is 2. The monoisotopic (exact) mass is 762 g/mol. The fourth-order valence-electron chi connectivity index (χ4n) is 13.3. The molecule has 4 saturated carbocycles. The fraction of sp³-hybridized carbons (Fsp3) is 0.927. The van der Waals surface area contributed by atoms with Crippen LogP contribution in [0.4, 0.5) is 0 Å². The Kier molecular flexibility index (Phi) is 9.70. The maximum Gasteiger partial charge on any atom is 0.331 e. The van der Waals surface area contributed by atoms with E-state index in [2.05, 4.69) is 13.8 Å². The van der Waals surface area contributed by atoms with Crippen molar-refractivity contribution in [3.63, 3.8) is 0 Å². The summed E-state index contributed by atoms with van der Waals surface area (Å²) >= 11 is 0. The molecule has 8 fully saturated rings. The molecule has 304 valence electrons. The first-order chi connectivity index (χ1) is 25.7.